The van der Waals surface area contributed by atoms with E-state index in [0.29, 0.717) is 17.7 Å². The standard InChI is InChI=1S/C13H19FN2O.ClH/c1-4-7-13(3,15)12(17)16-10-5-6-11(14)9(2)8-10;/h5-6,8H,4,7,15H2,1-3H3,(H,16,17);1H. The van der Waals surface area contributed by atoms with Crippen LogP contribution in [0.3, 0.4) is 0 Å². The Hall–Kier alpha value is -1.13. The van der Waals surface area contributed by atoms with Gasteiger partial charge in [-0.1, -0.05) is 13.3 Å². The highest BCUT2D eigenvalue weighted by atomic mass is 35.5. The third-order valence-corrected chi connectivity index (χ3v) is 2.70. The van der Waals surface area contributed by atoms with Crippen molar-refractivity contribution in [1.29, 1.82) is 0 Å². The van der Waals surface area contributed by atoms with Crippen molar-refractivity contribution in [2.75, 3.05) is 5.32 Å². The number of nitrogens with one attached hydrogen (secondary N) is 1. The fourth-order valence-corrected chi connectivity index (χ4v) is 1.63. The average molecular weight is 275 g/mol. The predicted octanol–water partition coefficient (Wildman–Crippen LogP) is 3.01. The molecule has 0 aliphatic rings. The lowest BCUT2D eigenvalue weighted by molar-refractivity contribution is -0.120. The zero-order valence-electron chi connectivity index (χ0n) is 10.9. The van der Waals surface area contributed by atoms with E-state index in [-0.39, 0.29) is 24.1 Å². The van der Waals surface area contributed by atoms with Crippen LogP contribution in [0.4, 0.5) is 10.1 Å². The Kier molecular flexibility index (Phi) is 6.29. The fraction of sp³-hybridized carbons (Fsp3) is 0.462. The highest BCUT2D eigenvalue weighted by Gasteiger charge is 2.27. The molecule has 1 aromatic rings. The summed E-state index contributed by atoms with van der Waals surface area (Å²) in [7, 11) is 0. The smallest absolute Gasteiger partial charge is 0.244 e. The molecule has 0 aliphatic carbocycles. The Balaban J connectivity index is 0.00000289. The highest BCUT2D eigenvalue weighted by Crippen LogP contribution is 2.16. The van der Waals surface area contributed by atoms with Crippen molar-refractivity contribution >= 4 is 24.0 Å². The molecule has 0 saturated carbocycles. The predicted molar refractivity (Wildman–Crippen MR) is 74.5 cm³/mol. The largest absolute Gasteiger partial charge is 0.324 e. The summed E-state index contributed by atoms with van der Waals surface area (Å²) in [5.41, 5.74) is 6.08. The number of carbonyl (C=O) groups is 1. The maximum atomic E-state index is 13.1. The zero-order valence-corrected chi connectivity index (χ0v) is 11.7. The van der Waals surface area contributed by atoms with Crippen molar-refractivity contribution in [1.82, 2.24) is 0 Å². The van der Waals surface area contributed by atoms with Crippen molar-refractivity contribution in [3.8, 4) is 0 Å². The van der Waals surface area contributed by atoms with E-state index in [9.17, 15) is 9.18 Å². The molecule has 3 N–H and O–H groups in total. The van der Waals surface area contributed by atoms with E-state index in [0.717, 1.165) is 6.42 Å². The second-order valence-electron chi connectivity index (χ2n) is 4.59. The van der Waals surface area contributed by atoms with Crippen LogP contribution in [0.2, 0.25) is 0 Å². The second kappa shape index (κ2) is 6.71. The number of anilines is 1. The molecule has 5 heteroatoms. The minimum atomic E-state index is -0.892. The van der Waals surface area contributed by atoms with E-state index in [1.54, 1.807) is 19.9 Å². The Bertz CT molecular complexity index is 421. The van der Waals surface area contributed by atoms with Gasteiger partial charge in [-0.2, -0.15) is 0 Å². The summed E-state index contributed by atoms with van der Waals surface area (Å²) < 4.78 is 13.1. The third kappa shape index (κ3) is 4.27. The number of halogens is 2. The number of aryl methyl sites for hydroxylation is 1. The number of rotatable bonds is 4. The number of carbonyl (C=O) groups excluding carboxylic acids is 1. The number of nitrogens with two attached hydrogens (primary N) is 1. The maximum absolute atomic E-state index is 13.1. The third-order valence-electron chi connectivity index (χ3n) is 2.70. The van der Waals surface area contributed by atoms with Gasteiger partial charge < -0.3 is 11.1 Å². The molecule has 0 aliphatic heterocycles. The molecule has 0 spiro atoms. The highest BCUT2D eigenvalue weighted by molar-refractivity contribution is 5.97. The quantitative estimate of drug-likeness (QED) is 0.887. The lowest BCUT2D eigenvalue weighted by Gasteiger charge is -2.22. The number of amides is 1. The molecule has 1 rings (SSSR count). The SMILES string of the molecule is CCCC(C)(N)C(=O)Nc1ccc(F)c(C)c1.Cl. The Morgan fingerprint density at radius 2 is 2.11 bits per heavy atom. The number of hydrogen-bond acceptors (Lipinski definition) is 2. The summed E-state index contributed by atoms with van der Waals surface area (Å²) in [4.78, 5) is 11.9. The van der Waals surface area contributed by atoms with Gasteiger partial charge in [0.1, 0.15) is 5.82 Å². The van der Waals surface area contributed by atoms with Crippen molar-refractivity contribution in [3.05, 3.63) is 29.6 Å². The van der Waals surface area contributed by atoms with Crippen LogP contribution in [0.15, 0.2) is 18.2 Å². The summed E-state index contributed by atoms with van der Waals surface area (Å²) in [6.07, 6.45) is 1.45. The van der Waals surface area contributed by atoms with Gasteiger partial charge in [-0.05, 0) is 44.0 Å². The molecule has 0 fully saturated rings. The topological polar surface area (TPSA) is 55.1 Å². The monoisotopic (exact) mass is 274 g/mol. The van der Waals surface area contributed by atoms with Gasteiger partial charge in [-0.25, -0.2) is 4.39 Å². The molecule has 0 saturated heterocycles. The van der Waals surface area contributed by atoms with E-state index in [1.807, 2.05) is 6.92 Å². The van der Waals surface area contributed by atoms with Gasteiger partial charge in [0.2, 0.25) is 5.91 Å². The summed E-state index contributed by atoms with van der Waals surface area (Å²) in [6, 6.07) is 4.45. The minimum absolute atomic E-state index is 0. The van der Waals surface area contributed by atoms with E-state index in [4.69, 9.17) is 5.73 Å². The van der Waals surface area contributed by atoms with Gasteiger partial charge in [0.25, 0.3) is 0 Å². The first-order valence-corrected chi connectivity index (χ1v) is 5.73. The molecule has 0 heterocycles. The summed E-state index contributed by atoms with van der Waals surface area (Å²) in [5, 5.41) is 2.70. The van der Waals surface area contributed by atoms with E-state index < -0.39 is 5.54 Å². The van der Waals surface area contributed by atoms with E-state index in [2.05, 4.69) is 5.32 Å². The molecule has 1 unspecified atom stereocenters. The van der Waals surface area contributed by atoms with Gasteiger partial charge in [0.15, 0.2) is 0 Å². The molecule has 1 aromatic carbocycles. The first-order chi connectivity index (χ1) is 7.86. The van der Waals surface area contributed by atoms with Gasteiger partial charge in [0.05, 0.1) is 5.54 Å². The molecular weight excluding hydrogens is 255 g/mol. The molecule has 1 atom stereocenters. The fourth-order valence-electron chi connectivity index (χ4n) is 1.63. The maximum Gasteiger partial charge on any atom is 0.244 e. The summed E-state index contributed by atoms with van der Waals surface area (Å²) in [6.45, 7) is 5.32. The van der Waals surface area contributed by atoms with Gasteiger partial charge in [0, 0.05) is 5.69 Å². The summed E-state index contributed by atoms with van der Waals surface area (Å²) >= 11 is 0. The lowest BCUT2D eigenvalue weighted by atomic mass is 9.96. The van der Waals surface area contributed by atoms with Crippen molar-refractivity contribution in [3.63, 3.8) is 0 Å². The van der Waals surface area contributed by atoms with E-state index >= 15 is 0 Å². The van der Waals surface area contributed by atoms with Crippen LogP contribution >= 0.6 is 12.4 Å². The van der Waals surface area contributed by atoms with Crippen LogP contribution in [0.5, 0.6) is 0 Å². The van der Waals surface area contributed by atoms with Gasteiger partial charge in [-0.3, -0.25) is 4.79 Å². The molecule has 102 valence electrons. The first kappa shape index (κ1) is 16.9. The van der Waals surface area contributed by atoms with E-state index in [1.165, 1.54) is 12.1 Å². The first-order valence-electron chi connectivity index (χ1n) is 5.73. The van der Waals surface area contributed by atoms with Gasteiger partial charge >= 0.3 is 0 Å². The van der Waals surface area contributed by atoms with Crippen LogP contribution in [-0.2, 0) is 4.79 Å². The minimum Gasteiger partial charge on any atom is -0.324 e. The van der Waals surface area contributed by atoms with Crippen molar-refractivity contribution < 1.29 is 9.18 Å². The Labute approximate surface area is 113 Å². The van der Waals surface area contributed by atoms with Crippen LogP contribution < -0.4 is 11.1 Å². The second-order valence-corrected chi connectivity index (χ2v) is 4.59. The average Bonchev–Trinajstić information content (AvgIpc) is 2.23. The molecule has 1 amide bonds. The van der Waals surface area contributed by atoms with Crippen LogP contribution in [0.25, 0.3) is 0 Å². The van der Waals surface area contributed by atoms with Crippen molar-refractivity contribution in [2.24, 2.45) is 5.73 Å². The molecule has 0 aromatic heterocycles. The van der Waals surface area contributed by atoms with Gasteiger partial charge in [-0.15, -0.1) is 12.4 Å². The Morgan fingerprint density at radius 3 is 2.61 bits per heavy atom. The number of hydrogen-bond donors (Lipinski definition) is 2. The summed E-state index contributed by atoms with van der Waals surface area (Å²) in [5.74, 6) is -0.530. The molecule has 3 nitrogen and oxygen atoms in total. The molecule has 0 radical (unpaired) electrons. The molecule has 0 bridgehead atoms. The lowest BCUT2D eigenvalue weighted by Crippen LogP contribution is -2.48. The Morgan fingerprint density at radius 1 is 1.50 bits per heavy atom. The van der Waals surface area contributed by atoms with Crippen LogP contribution in [0.1, 0.15) is 32.3 Å². The zero-order chi connectivity index (χ0) is 13.1. The van der Waals surface area contributed by atoms with Crippen LogP contribution in [-0.4, -0.2) is 11.4 Å². The van der Waals surface area contributed by atoms with Crippen molar-refractivity contribution in [2.45, 2.75) is 39.2 Å². The molecule has 18 heavy (non-hydrogen) atoms. The normalized spacial score (nSPS) is 13.4. The van der Waals surface area contributed by atoms with Crippen LogP contribution in [0, 0.1) is 12.7 Å². The number of benzene rings is 1. The molecular formula is C13H20ClFN2O.